The zero-order valence-corrected chi connectivity index (χ0v) is 12.8. The van der Waals surface area contributed by atoms with Crippen molar-refractivity contribution in [2.45, 2.75) is 19.3 Å². The minimum atomic E-state index is 0. The summed E-state index contributed by atoms with van der Waals surface area (Å²) in [5.41, 5.74) is 2.86. The topological polar surface area (TPSA) is 0 Å². The molecule has 0 aromatic heterocycles. The largest absolute Gasteiger partial charge is 2.00 e. The third kappa shape index (κ3) is 5.61. The molecule has 0 spiro atoms. The minimum absolute atomic E-state index is 0. The van der Waals surface area contributed by atoms with Crippen molar-refractivity contribution >= 4 is 0 Å². The predicted molar refractivity (Wildman–Crippen MR) is 82.6 cm³/mol. The fourth-order valence-corrected chi connectivity index (χ4v) is 2.12. The van der Waals surface area contributed by atoms with Crippen molar-refractivity contribution in [1.82, 2.24) is 0 Å². The first kappa shape index (κ1) is 16.5. The zero-order chi connectivity index (χ0) is 13.3. The van der Waals surface area contributed by atoms with Crippen LogP contribution in [0.25, 0.3) is 0 Å². The molecule has 0 bridgehead atoms. The molecule has 0 saturated heterocycles. The Balaban J connectivity index is 0.000000283. The van der Waals surface area contributed by atoms with E-state index in [1.807, 2.05) is 30.3 Å². The molecule has 0 aliphatic carbocycles. The minimum Gasteiger partial charge on any atom is -0.214 e. The van der Waals surface area contributed by atoms with Gasteiger partial charge in [0.1, 0.15) is 0 Å². The van der Waals surface area contributed by atoms with Crippen LogP contribution in [0, 0.1) is 0 Å². The fraction of sp³-hybridized carbons (Fsp3) is 0.158. The molecule has 0 amide bonds. The Bertz CT molecular complexity index is 503. The summed E-state index contributed by atoms with van der Waals surface area (Å²) in [6, 6.07) is 29.3. The van der Waals surface area contributed by atoms with Gasteiger partial charge >= 0.3 is 17.1 Å². The van der Waals surface area contributed by atoms with Crippen molar-refractivity contribution in [2.24, 2.45) is 0 Å². The van der Waals surface area contributed by atoms with Crippen LogP contribution in [0.1, 0.15) is 24.0 Å². The van der Waals surface area contributed by atoms with Gasteiger partial charge in [-0.05, 0) is 17.9 Å². The quantitative estimate of drug-likeness (QED) is 0.463. The van der Waals surface area contributed by atoms with E-state index in [9.17, 15) is 0 Å². The van der Waals surface area contributed by atoms with E-state index < -0.39 is 0 Å². The number of hydrogen-bond donors (Lipinski definition) is 0. The van der Waals surface area contributed by atoms with E-state index in [1.54, 1.807) is 0 Å². The standard InChI is InChI=1S/C14H15.C5H5.Fe/c1-12(14-9-5-6-10-14)11-13-7-3-2-4-8-13;1-2-4-5-3-1;/h2-10,12H,11H2,1H3;1-5H;/q2*-1;+2. The van der Waals surface area contributed by atoms with Crippen LogP contribution in [0.15, 0.2) is 84.9 Å². The van der Waals surface area contributed by atoms with Crippen molar-refractivity contribution < 1.29 is 17.1 Å². The van der Waals surface area contributed by atoms with Crippen molar-refractivity contribution in [3.05, 3.63) is 96.1 Å². The van der Waals surface area contributed by atoms with E-state index in [0.717, 1.165) is 6.42 Å². The predicted octanol–water partition coefficient (Wildman–Crippen LogP) is 5.15. The van der Waals surface area contributed by atoms with Crippen LogP contribution < -0.4 is 0 Å². The maximum Gasteiger partial charge on any atom is 2.00 e. The number of rotatable bonds is 3. The van der Waals surface area contributed by atoms with Gasteiger partial charge in [-0.3, -0.25) is 0 Å². The molecule has 3 aromatic carbocycles. The maximum atomic E-state index is 2.28. The Morgan fingerprint density at radius 1 is 0.850 bits per heavy atom. The van der Waals surface area contributed by atoms with Crippen molar-refractivity contribution in [3.8, 4) is 0 Å². The van der Waals surface area contributed by atoms with E-state index in [0.29, 0.717) is 5.92 Å². The SMILES string of the molecule is CC(Cc1ccccc1)c1ccc[cH-]1.[Fe+2].c1cc[cH-]c1. The third-order valence-corrected chi connectivity index (χ3v) is 3.20. The van der Waals surface area contributed by atoms with Gasteiger partial charge in [0.05, 0.1) is 0 Å². The second-order valence-corrected chi connectivity index (χ2v) is 4.77. The molecular weight excluding hydrogens is 284 g/mol. The monoisotopic (exact) mass is 304 g/mol. The van der Waals surface area contributed by atoms with Gasteiger partial charge in [-0.2, -0.15) is 35.9 Å². The average Bonchev–Trinajstić information content (AvgIpc) is 3.16. The van der Waals surface area contributed by atoms with Crippen LogP contribution in [-0.4, -0.2) is 0 Å². The third-order valence-electron chi connectivity index (χ3n) is 3.20. The summed E-state index contributed by atoms with van der Waals surface area (Å²) in [5.74, 6) is 0.618. The van der Waals surface area contributed by atoms with E-state index in [-0.39, 0.29) is 17.1 Å². The first-order valence-electron chi connectivity index (χ1n) is 6.78. The van der Waals surface area contributed by atoms with Crippen molar-refractivity contribution in [1.29, 1.82) is 0 Å². The Hall–Kier alpha value is -1.56. The molecule has 0 fully saturated rings. The normalized spacial score (nSPS) is 10.8. The Morgan fingerprint density at radius 2 is 1.55 bits per heavy atom. The van der Waals surface area contributed by atoms with E-state index in [2.05, 4.69) is 61.5 Å². The van der Waals surface area contributed by atoms with E-state index in [1.165, 1.54) is 11.1 Å². The van der Waals surface area contributed by atoms with Crippen LogP contribution in [0.4, 0.5) is 0 Å². The van der Waals surface area contributed by atoms with Gasteiger partial charge in [0.2, 0.25) is 0 Å². The molecule has 0 aliphatic rings. The van der Waals surface area contributed by atoms with Crippen molar-refractivity contribution in [2.75, 3.05) is 0 Å². The molecule has 0 radical (unpaired) electrons. The molecule has 3 rings (SSSR count). The second-order valence-electron chi connectivity index (χ2n) is 4.77. The number of hydrogen-bond acceptors (Lipinski definition) is 0. The summed E-state index contributed by atoms with van der Waals surface area (Å²) in [6.07, 6.45) is 1.13. The summed E-state index contributed by atoms with van der Waals surface area (Å²) in [7, 11) is 0. The molecule has 20 heavy (non-hydrogen) atoms. The molecule has 3 aromatic rings. The molecule has 1 atom stereocenters. The maximum absolute atomic E-state index is 2.28. The van der Waals surface area contributed by atoms with Crippen LogP contribution in [0.5, 0.6) is 0 Å². The molecular formula is C19H20Fe. The summed E-state index contributed by atoms with van der Waals surface area (Å²) in [5, 5.41) is 0. The van der Waals surface area contributed by atoms with Crippen LogP contribution in [-0.2, 0) is 23.5 Å². The molecule has 0 nitrogen and oxygen atoms in total. The Kier molecular flexibility index (Phi) is 7.72. The summed E-state index contributed by atoms with van der Waals surface area (Å²) in [4.78, 5) is 0. The smallest absolute Gasteiger partial charge is 0.214 e. The van der Waals surface area contributed by atoms with E-state index in [4.69, 9.17) is 0 Å². The fourth-order valence-electron chi connectivity index (χ4n) is 2.12. The first-order valence-corrected chi connectivity index (χ1v) is 6.78. The van der Waals surface area contributed by atoms with Crippen LogP contribution in [0.2, 0.25) is 0 Å². The molecule has 0 saturated carbocycles. The summed E-state index contributed by atoms with van der Waals surface area (Å²) < 4.78 is 0. The van der Waals surface area contributed by atoms with Gasteiger partial charge in [-0.1, -0.05) is 37.3 Å². The second kappa shape index (κ2) is 9.36. The summed E-state index contributed by atoms with van der Waals surface area (Å²) in [6.45, 7) is 2.28. The molecule has 0 heterocycles. The van der Waals surface area contributed by atoms with E-state index >= 15 is 0 Å². The zero-order valence-electron chi connectivity index (χ0n) is 11.7. The van der Waals surface area contributed by atoms with Gasteiger partial charge in [-0.25, -0.2) is 24.3 Å². The first-order chi connectivity index (χ1) is 9.36. The molecule has 0 aliphatic heterocycles. The van der Waals surface area contributed by atoms with Crippen LogP contribution >= 0.6 is 0 Å². The van der Waals surface area contributed by atoms with Gasteiger partial charge in [-0.15, -0.1) is 0 Å². The van der Waals surface area contributed by atoms with Gasteiger partial charge in [0, 0.05) is 0 Å². The van der Waals surface area contributed by atoms with Gasteiger partial charge < -0.3 is 0 Å². The number of benzene rings is 1. The Labute approximate surface area is 132 Å². The molecule has 1 unspecified atom stereocenters. The molecule has 1 heteroatoms. The summed E-state index contributed by atoms with van der Waals surface area (Å²) >= 11 is 0. The molecule has 104 valence electrons. The van der Waals surface area contributed by atoms with Crippen molar-refractivity contribution in [3.63, 3.8) is 0 Å². The molecule has 0 N–H and O–H groups in total. The van der Waals surface area contributed by atoms with Crippen LogP contribution in [0.3, 0.4) is 0 Å². The van der Waals surface area contributed by atoms with Gasteiger partial charge in [0.15, 0.2) is 0 Å². The Morgan fingerprint density at radius 3 is 2.05 bits per heavy atom. The average molecular weight is 304 g/mol. The van der Waals surface area contributed by atoms with Gasteiger partial charge in [0.25, 0.3) is 0 Å².